The minimum atomic E-state index is 0.527. The summed E-state index contributed by atoms with van der Waals surface area (Å²) in [7, 11) is 1.92. The number of nitrogens with zero attached hydrogens (tertiary/aromatic N) is 6. The van der Waals surface area contributed by atoms with Gasteiger partial charge >= 0.3 is 0 Å². The van der Waals surface area contributed by atoms with Crippen molar-refractivity contribution in [1.82, 2.24) is 29.3 Å². The van der Waals surface area contributed by atoms with E-state index in [9.17, 15) is 0 Å². The molecular formula is C19H20ClN7. The Labute approximate surface area is 162 Å². The van der Waals surface area contributed by atoms with Crippen molar-refractivity contribution in [1.29, 1.82) is 0 Å². The SMILES string of the molecule is CCc1cc(CC)n(-c2nc(Nc3ccc(Cl)cc3)c3ncn(C)c3n2)n1. The van der Waals surface area contributed by atoms with Crippen molar-refractivity contribution >= 4 is 34.3 Å². The zero-order chi connectivity index (χ0) is 19.0. The second kappa shape index (κ2) is 7.00. The molecule has 0 atom stereocenters. The van der Waals surface area contributed by atoms with Crippen LogP contribution < -0.4 is 5.32 Å². The van der Waals surface area contributed by atoms with Crippen molar-refractivity contribution in [2.45, 2.75) is 26.7 Å². The molecule has 8 heteroatoms. The molecular weight excluding hydrogens is 362 g/mol. The van der Waals surface area contributed by atoms with E-state index < -0.39 is 0 Å². The van der Waals surface area contributed by atoms with Crippen LogP contribution in [-0.4, -0.2) is 29.3 Å². The summed E-state index contributed by atoms with van der Waals surface area (Å²) in [4.78, 5) is 13.9. The summed E-state index contributed by atoms with van der Waals surface area (Å²) >= 11 is 5.99. The summed E-state index contributed by atoms with van der Waals surface area (Å²) in [6.07, 6.45) is 3.45. The van der Waals surface area contributed by atoms with Crippen LogP contribution in [0.1, 0.15) is 25.2 Å². The fourth-order valence-corrected chi connectivity index (χ4v) is 3.05. The molecule has 4 rings (SSSR count). The molecule has 7 nitrogen and oxygen atoms in total. The Bertz CT molecular complexity index is 1100. The van der Waals surface area contributed by atoms with Gasteiger partial charge in [-0.15, -0.1) is 0 Å². The van der Waals surface area contributed by atoms with Gasteiger partial charge in [-0.2, -0.15) is 15.1 Å². The summed E-state index contributed by atoms with van der Waals surface area (Å²) in [5, 5.41) is 8.68. The second-order valence-corrected chi connectivity index (χ2v) is 6.71. The van der Waals surface area contributed by atoms with Crippen molar-refractivity contribution in [3.63, 3.8) is 0 Å². The van der Waals surface area contributed by atoms with Gasteiger partial charge in [0.25, 0.3) is 5.95 Å². The number of imidazole rings is 1. The normalized spacial score (nSPS) is 11.3. The Balaban J connectivity index is 1.86. The van der Waals surface area contributed by atoms with Crippen LogP contribution in [0.25, 0.3) is 17.1 Å². The molecule has 3 aromatic heterocycles. The molecule has 0 fully saturated rings. The van der Waals surface area contributed by atoms with Crippen LogP contribution in [0.3, 0.4) is 0 Å². The predicted molar refractivity (Wildman–Crippen MR) is 107 cm³/mol. The van der Waals surface area contributed by atoms with E-state index in [0.717, 1.165) is 35.6 Å². The summed E-state index contributed by atoms with van der Waals surface area (Å²) in [5.74, 6) is 1.16. The molecule has 0 amide bonds. The van der Waals surface area contributed by atoms with E-state index in [1.165, 1.54) is 0 Å². The first-order valence-corrected chi connectivity index (χ1v) is 9.26. The maximum absolute atomic E-state index is 5.99. The minimum absolute atomic E-state index is 0.527. The predicted octanol–water partition coefficient (Wildman–Crippen LogP) is 4.07. The number of aromatic nitrogens is 6. The van der Waals surface area contributed by atoms with Gasteiger partial charge in [-0.25, -0.2) is 9.67 Å². The molecule has 0 spiro atoms. The van der Waals surface area contributed by atoms with E-state index >= 15 is 0 Å². The topological polar surface area (TPSA) is 73.5 Å². The Kier molecular flexibility index (Phi) is 4.53. The number of hydrogen-bond donors (Lipinski definition) is 1. The van der Waals surface area contributed by atoms with Crippen molar-refractivity contribution in [3.8, 4) is 5.95 Å². The number of fused-ring (bicyclic) bond motifs is 1. The first-order chi connectivity index (χ1) is 13.1. The molecule has 138 valence electrons. The van der Waals surface area contributed by atoms with Crippen LogP contribution in [0.4, 0.5) is 11.5 Å². The Hall–Kier alpha value is -2.93. The first kappa shape index (κ1) is 17.5. The van der Waals surface area contributed by atoms with E-state index in [-0.39, 0.29) is 0 Å². The van der Waals surface area contributed by atoms with Gasteiger partial charge in [0.05, 0.1) is 12.0 Å². The number of hydrogen-bond acceptors (Lipinski definition) is 5. The van der Waals surface area contributed by atoms with Crippen molar-refractivity contribution < 1.29 is 0 Å². The number of aryl methyl sites for hydroxylation is 3. The smallest absolute Gasteiger partial charge is 0.254 e. The van der Waals surface area contributed by atoms with Gasteiger partial charge in [-0.05, 0) is 43.2 Å². The molecule has 0 unspecified atom stereocenters. The number of nitrogens with one attached hydrogen (secondary N) is 1. The third-order valence-corrected chi connectivity index (χ3v) is 4.65. The van der Waals surface area contributed by atoms with Crippen LogP contribution in [0.2, 0.25) is 5.02 Å². The zero-order valence-corrected chi connectivity index (χ0v) is 16.2. The van der Waals surface area contributed by atoms with E-state index in [2.05, 4.69) is 35.3 Å². The summed E-state index contributed by atoms with van der Waals surface area (Å²) < 4.78 is 3.70. The lowest BCUT2D eigenvalue weighted by molar-refractivity contribution is 0.748. The number of rotatable bonds is 5. The number of anilines is 2. The fraction of sp³-hybridized carbons (Fsp3) is 0.263. The molecule has 4 aromatic rings. The molecule has 0 saturated carbocycles. The van der Waals surface area contributed by atoms with E-state index in [4.69, 9.17) is 21.6 Å². The van der Waals surface area contributed by atoms with Crippen LogP contribution >= 0.6 is 11.6 Å². The van der Waals surface area contributed by atoms with Gasteiger partial charge in [-0.3, -0.25) is 0 Å². The highest BCUT2D eigenvalue weighted by molar-refractivity contribution is 6.30. The minimum Gasteiger partial charge on any atom is -0.338 e. The van der Waals surface area contributed by atoms with Gasteiger partial charge in [0.15, 0.2) is 17.0 Å². The molecule has 0 bridgehead atoms. The highest BCUT2D eigenvalue weighted by atomic mass is 35.5. The lowest BCUT2D eigenvalue weighted by Crippen LogP contribution is -2.09. The number of halogens is 1. The van der Waals surface area contributed by atoms with Crippen molar-refractivity contribution in [2.75, 3.05) is 5.32 Å². The number of benzene rings is 1. The average molecular weight is 382 g/mol. The van der Waals surface area contributed by atoms with Gasteiger partial charge in [-0.1, -0.05) is 25.4 Å². The third kappa shape index (κ3) is 3.26. The highest BCUT2D eigenvalue weighted by Crippen LogP contribution is 2.25. The Morgan fingerprint density at radius 1 is 1.07 bits per heavy atom. The molecule has 3 heterocycles. The molecule has 0 aliphatic heterocycles. The fourth-order valence-electron chi connectivity index (χ4n) is 2.92. The average Bonchev–Trinajstić information content (AvgIpc) is 3.27. The molecule has 1 N–H and O–H groups in total. The van der Waals surface area contributed by atoms with Gasteiger partial charge in [0, 0.05) is 23.5 Å². The van der Waals surface area contributed by atoms with Gasteiger partial charge < -0.3 is 9.88 Å². The summed E-state index contributed by atoms with van der Waals surface area (Å²) in [6, 6.07) is 9.57. The Morgan fingerprint density at radius 2 is 1.85 bits per heavy atom. The zero-order valence-electron chi connectivity index (χ0n) is 15.4. The Morgan fingerprint density at radius 3 is 2.56 bits per heavy atom. The van der Waals surface area contributed by atoms with Crippen molar-refractivity contribution in [2.24, 2.45) is 7.05 Å². The van der Waals surface area contributed by atoms with Crippen LogP contribution in [0.15, 0.2) is 36.7 Å². The largest absolute Gasteiger partial charge is 0.338 e. The maximum atomic E-state index is 5.99. The first-order valence-electron chi connectivity index (χ1n) is 8.89. The highest BCUT2D eigenvalue weighted by Gasteiger charge is 2.16. The quantitative estimate of drug-likeness (QED) is 0.564. The van der Waals surface area contributed by atoms with Crippen LogP contribution in [0.5, 0.6) is 0 Å². The third-order valence-electron chi connectivity index (χ3n) is 4.40. The lowest BCUT2D eigenvalue weighted by Gasteiger charge is -2.10. The summed E-state index contributed by atoms with van der Waals surface area (Å²) in [5.41, 5.74) is 4.42. The second-order valence-electron chi connectivity index (χ2n) is 6.28. The van der Waals surface area contributed by atoms with Crippen LogP contribution in [-0.2, 0) is 19.9 Å². The van der Waals surface area contributed by atoms with E-state index in [1.807, 2.05) is 40.6 Å². The van der Waals surface area contributed by atoms with Crippen molar-refractivity contribution in [3.05, 3.63) is 53.1 Å². The molecule has 27 heavy (non-hydrogen) atoms. The molecule has 1 aromatic carbocycles. The molecule has 0 saturated heterocycles. The summed E-state index contributed by atoms with van der Waals surface area (Å²) in [6.45, 7) is 4.19. The lowest BCUT2D eigenvalue weighted by atomic mass is 10.3. The molecule has 0 aliphatic carbocycles. The van der Waals surface area contributed by atoms with E-state index in [1.54, 1.807) is 6.33 Å². The monoisotopic (exact) mass is 381 g/mol. The van der Waals surface area contributed by atoms with Gasteiger partial charge in [0.2, 0.25) is 0 Å². The molecule has 0 aliphatic rings. The van der Waals surface area contributed by atoms with E-state index in [0.29, 0.717) is 22.3 Å². The molecule has 0 radical (unpaired) electrons. The van der Waals surface area contributed by atoms with Gasteiger partial charge in [0.1, 0.15) is 0 Å². The maximum Gasteiger partial charge on any atom is 0.254 e. The standard InChI is InChI=1S/C19H20ClN7/c1-4-13-10-15(5-2)27(25-13)19-23-17(16-18(24-19)26(3)11-21-16)22-14-8-6-12(20)7-9-14/h6-11H,4-5H2,1-3H3,(H,22,23,24). The van der Waals surface area contributed by atoms with Crippen LogP contribution in [0, 0.1) is 0 Å².